The van der Waals surface area contributed by atoms with Gasteiger partial charge in [-0.05, 0) is 63.4 Å². The largest absolute Gasteiger partial charge is 0.456 e. The van der Waals surface area contributed by atoms with Crippen LogP contribution in [-0.4, -0.2) is 19.5 Å². The Bertz CT molecular complexity index is 3270. The van der Waals surface area contributed by atoms with Crippen LogP contribution < -0.4 is 0 Å². The SMILES string of the molecule is c1ccc(-c2nc(-c3ccccc3)nc(-c3cc4oc5ccccc5c4cc3-n3c4cccc5c4c4c6c(cccc6ccc43)-c3ccccc3-5)n2)cc1. The van der Waals surface area contributed by atoms with Gasteiger partial charge in [0.15, 0.2) is 17.5 Å². The molecule has 0 unspecified atom stereocenters. The lowest BCUT2D eigenvalue weighted by Gasteiger charge is -2.16. The summed E-state index contributed by atoms with van der Waals surface area (Å²) in [6.07, 6.45) is 0. The van der Waals surface area contributed by atoms with Crippen molar-refractivity contribution in [2.24, 2.45) is 0 Å². The zero-order valence-corrected chi connectivity index (χ0v) is 28.9. The van der Waals surface area contributed by atoms with E-state index in [1.807, 2.05) is 72.8 Å². The summed E-state index contributed by atoms with van der Waals surface area (Å²) in [5.74, 6) is 1.80. The minimum absolute atomic E-state index is 0.574. The molecule has 1 aliphatic carbocycles. The molecule has 0 amide bonds. The van der Waals surface area contributed by atoms with Crippen LogP contribution in [0.5, 0.6) is 0 Å². The Kier molecular flexibility index (Phi) is 5.99. The maximum Gasteiger partial charge on any atom is 0.166 e. The third kappa shape index (κ3) is 4.12. The standard InChI is InChI=1S/C49H28N4O/c1-3-13-30(14-4-1)47-50-48(31-15-5-2-6-16-31)52-49(51-47)38-28-43-37(34-20-9-10-24-42(34)54-43)27-41(38)53-39-23-12-22-36-33-19-8-7-18-32(33)35-21-11-17-29-25-26-40(53)46(44(29)35)45(36)39/h1-28H. The molecule has 12 rings (SSSR count). The van der Waals surface area contributed by atoms with Gasteiger partial charge < -0.3 is 8.98 Å². The van der Waals surface area contributed by atoms with Crippen LogP contribution in [0.15, 0.2) is 174 Å². The van der Waals surface area contributed by atoms with Gasteiger partial charge in [0, 0.05) is 38.2 Å². The van der Waals surface area contributed by atoms with E-state index in [2.05, 4.69) is 102 Å². The van der Waals surface area contributed by atoms with Crippen LogP contribution in [0.4, 0.5) is 0 Å². The van der Waals surface area contributed by atoms with Crippen molar-refractivity contribution in [1.82, 2.24) is 19.5 Å². The Hall–Kier alpha value is -7.37. The predicted molar refractivity (Wildman–Crippen MR) is 220 cm³/mol. The highest BCUT2D eigenvalue weighted by molar-refractivity contribution is 6.30. The molecule has 0 N–H and O–H groups in total. The molecule has 1 aliphatic rings. The van der Waals surface area contributed by atoms with Gasteiger partial charge in [-0.1, -0.05) is 140 Å². The van der Waals surface area contributed by atoms with Crippen LogP contribution in [-0.2, 0) is 0 Å². The number of rotatable bonds is 4. The predicted octanol–water partition coefficient (Wildman–Crippen LogP) is 12.7. The van der Waals surface area contributed by atoms with Gasteiger partial charge in [-0.3, -0.25) is 0 Å². The number of hydrogen-bond acceptors (Lipinski definition) is 4. The average molecular weight is 689 g/mol. The third-order valence-corrected chi connectivity index (χ3v) is 11.0. The van der Waals surface area contributed by atoms with Crippen molar-refractivity contribution in [3.05, 3.63) is 170 Å². The summed E-state index contributed by atoms with van der Waals surface area (Å²) in [4.78, 5) is 15.5. The number of aromatic nitrogens is 4. The molecule has 3 aromatic heterocycles. The topological polar surface area (TPSA) is 56.7 Å². The van der Waals surface area contributed by atoms with Crippen LogP contribution >= 0.6 is 0 Å². The number of nitrogens with zero attached hydrogens (tertiary/aromatic N) is 4. The molecule has 54 heavy (non-hydrogen) atoms. The molecule has 5 nitrogen and oxygen atoms in total. The van der Waals surface area contributed by atoms with Gasteiger partial charge in [-0.15, -0.1) is 0 Å². The maximum atomic E-state index is 6.55. The smallest absolute Gasteiger partial charge is 0.166 e. The molecule has 0 saturated heterocycles. The van der Waals surface area contributed by atoms with Crippen molar-refractivity contribution < 1.29 is 4.42 Å². The van der Waals surface area contributed by atoms with E-state index in [1.165, 1.54) is 43.8 Å². The van der Waals surface area contributed by atoms with E-state index in [0.29, 0.717) is 17.5 Å². The fraction of sp³-hybridized carbons (Fsp3) is 0. The van der Waals surface area contributed by atoms with Crippen LogP contribution in [0.2, 0.25) is 0 Å². The van der Waals surface area contributed by atoms with Crippen molar-refractivity contribution in [3.8, 4) is 62.1 Å². The number of hydrogen-bond donors (Lipinski definition) is 0. The van der Waals surface area contributed by atoms with E-state index >= 15 is 0 Å². The van der Waals surface area contributed by atoms with E-state index in [4.69, 9.17) is 19.4 Å². The molecule has 0 radical (unpaired) electrons. The van der Waals surface area contributed by atoms with Gasteiger partial charge in [-0.25, -0.2) is 15.0 Å². The first-order valence-electron chi connectivity index (χ1n) is 18.2. The number of fused-ring (bicyclic) bond motifs is 6. The summed E-state index contributed by atoms with van der Waals surface area (Å²) in [6.45, 7) is 0. The summed E-state index contributed by atoms with van der Waals surface area (Å²) in [5, 5.41) is 7.08. The van der Waals surface area contributed by atoms with Crippen molar-refractivity contribution in [2.45, 2.75) is 0 Å². The lowest BCUT2D eigenvalue weighted by atomic mass is 9.93. The Morgan fingerprint density at radius 3 is 1.70 bits per heavy atom. The number of furan rings is 1. The van der Waals surface area contributed by atoms with E-state index in [0.717, 1.165) is 55.3 Å². The molecular weight excluding hydrogens is 661 g/mol. The molecule has 0 fully saturated rings. The van der Waals surface area contributed by atoms with Gasteiger partial charge in [0.25, 0.3) is 0 Å². The highest BCUT2D eigenvalue weighted by atomic mass is 16.3. The second-order valence-corrected chi connectivity index (χ2v) is 13.9. The molecule has 8 aromatic carbocycles. The number of benzene rings is 8. The van der Waals surface area contributed by atoms with Gasteiger partial charge >= 0.3 is 0 Å². The van der Waals surface area contributed by atoms with Gasteiger partial charge in [0.05, 0.1) is 16.7 Å². The van der Waals surface area contributed by atoms with Crippen molar-refractivity contribution >= 4 is 54.5 Å². The van der Waals surface area contributed by atoms with Crippen molar-refractivity contribution in [3.63, 3.8) is 0 Å². The first-order chi connectivity index (χ1) is 26.8. The summed E-state index contributed by atoms with van der Waals surface area (Å²) >= 11 is 0. The lowest BCUT2D eigenvalue weighted by Crippen LogP contribution is -2.04. The van der Waals surface area contributed by atoms with E-state index in [9.17, 15) is 0 Å². The minimum Gasteiger partial charge on any atom is -0.456 e. The second kappa shape index (κ2) is 11.1. The second-order valence-electron chi connectivity index (χ2n) is 13.9. The van der Waals surface area contributed by atoms with Crippen LogP contribution in [0.25, 0.3) is 117 Å². The Balaban J connectivity index is 1.25. The molecule has 0 aliphatic heterocycles. The lowest BCUT2D eigenvalue weighted by molar-refractivity contribution is 0.669. The highest BCUT2D eigenvalue weighted by Gasteiger charge is 2.27. The monoisotopic (exact) mass is 688 g/mol. The first kappa shape index (κ1) is 29.2. The maximum absolute atomic E-state index is 6.55. The quantitative estimate of drug-likeness (QED) is 0.185. The van der Waals surface area contributed by atoms with Crippen LogP contribution in [0, 0.1) is 0 Å². The molecular formula is C49H28N4O. The zero-order chi connectivity index (χ0) is 35.3. The summed E-state index contributed by atoms with van der Waals surface area (Å²) in [5.41, 5.74) is 12.5. The molecule has 0 atom stereocenters. The average Bonchev–Trinajstić information content (AvgIpc) is 3.74. The number of para-hydroxylation sites is 1. The van der Waals surface area contributed by atoms with Gasteiger partial charge in [-0.2, -0.15) is 0 Å². The molecule has 0 saturated carbocycles. The Morgan fingerprint density at radius 1 is 0.370 bits per heavy atom. The molecule has 250 valence electrons. The Morgan fingerprint density at radius 2 is 0.963 bits per heavy atom. The van der Waals surface area contributed by atoms with Crippen LogP contribution in [0.3, 0.4) is 0 Å². The fourth-order valence-electron chi connectivity index (χ4n) is 8.64. The first-order valence-corrected chi connectivity index (χ1v) is 18.2. The summed E-state index contributed by atoms with van der Waals surface area (Å²) in [7, 11) is 0. The van der Waals surface area contributed by atoms with E-state index in [1.54, 1.807) is 0 Å². The van der Waals surface area contributed by atoms with Crippen molar-refractivity contribution in [1.29, 1.82) is 0 Å². The molecule has 3 heterocycles. The summed E-state index contributed by atoms with van der Waals surface area (Å²) in [6, 6.07) is 59.7. The van der Waals surface area contributed by atoms with Gasteiger partial charge in [0.1, 0.15) is 11.2 Å². The molecule has 0 bridgehead atoms. The van der Waals surface area contributed by atoms with Crippen LogP contribution in [0.1, 0.15) is 0 Å². The Labute approximate surface area is 309 Å². The van der Waals surface area contributed by atoms with Gasteiger partial charge in [0.2, 0.25) is 0 Å². The molecule has 5 heteroatoms. The van der Waals surface area contributed by atoms with Crippen molar-refractivity contribution in [2.75, 3.05) is 0 Å². The zero-order valence-electron chi connectivity index (χ0n) is 28.9. The highest BCUT2D eigenvalue weighted by Crippen LogP contribution is 2.50. The minimum atomic E-state index is 0.574. The molecule has 11 aromatic rings. The van der Waals surface area contributed by atoms with E-state index < -0.39 is 0 Å². The summed E-state index contributed by atoms with van der Waals surface area (Å²) < 4.78 is 8.97. The van der Waals surface area contributed by atoms with E-state index in [-0.39, 0.29) is 0 Å². The fourth-order valence-corrected chi connectivity index (χ4v) is 8.64. The molecule has 0 spiro atoms. The third-order valence-electron chi connectivity index (χ3n) is 11.0. The normalized spacial score (nSPS) is 12.1.